The van der Waals surface area contributed by atoms with E-state index < -0.39 is 0 Å². The molecule has 0 aromatic carbocycles. The van der Waals surface area contributed by atoms with Gasteiger partial charge in [0.2, 0.25) is 0 Å². The van der Waals surface area contributed by atoms with E-state index in [1.807, 2.05) is 7.05 Å². The van der Waals surface area contributed by atoms with Gasteiger partial charge in [0.05, 0.1) is 6.34 Å². The topological polar surface area (TPSA) is 55.1 Å². The Bertz CT molecular complexity index is 371. The van der Waals surface area contributed by atoms with Gasteiger partial charge in [-0.15, -0.1) is 5.10 Å². The molecule has 5 nitrogen and oxygen atoms in total. The fourth-order valence-corrected chi connectivity index (χ4v) is 1.60. The second-order valence-electron chi connectivity index (χ2n) is 4.64. The van der Waals surface area contributed by atoms with Crippen molar-refractivity contribution in [1.29, 1.82) is 0 Å². The summed E-state index contributed by atoms with van der Waals surface area (Å²) in [6, 6.07) is 0.0902. The van der Waals surface area contributed by atoms with Gasteiger partial charge in [0, 0.05) is 7.05 Å². The van der Waals surface area contributed by atoms with E-state index in [-0.39, 0.29) is 11.5 Å². The second kappa shape index (κ2) is 2.80. The predicted octanol–water partition coefficient (Wildman–Crippen LogP) is 1.36. The highest BCUT2D eigenvalue weighted by molar-refractivity contribution is 5.77. The SMILES string of the molecule is Cn1nnc2c1NC=NC2C(C)(C)C. The number of rotatable bonds is 0. The molecule has 1 N–H and O–H groups in total. The molecule has 2 rings (SSSR count). The molecule has 1 atom stereocenters. The average Bonchev–Trinajstić information content (AvgIpc) is 2.46. The third kappa shape index (κ3) is 1.29. The Labute approximate surface area is 83.2 Å². The second-order valence-corrected chi connectivity index (χ2v) is 4.64. The molecule has 14 heavy (non-hydrogen) atoms. The van der Waals surface area contributed by atoms with E-state index in [0.29, 0.717) is 0 Å². The van der Waals surface area contributed by atoms with Crippen LogP contribution in [0.2, 0.25) is 0 Å². The van der Waals surface area contributed by atoms with E-state index in [9.17, 15) is 0 Å². The molecular formula is C9H15N5. The first-order chi connectivity index (χ1) is 6.50. The van der Waals surface area contributed by atoms with Gasteiger partial charge in [0.1, 0.15) is 11.7 Å². The molecule has 2 heterocycles. The molecule has 5 heteroatoms. The summed E-state index contributed by atoms with van der Waals surface area (Å²) in [6.07, 6.45) is 1.72. The lowest BCUT2D eigenvalue weighted by Gasteiger charge is -2.28. The van der Waals surface area contributed by atoms with Gasteiger partial charge < -0.3 is 5.32 Å². The fraction of sp³-hybridized carbons (Fsp3) is 0.667. The summed E-state index contributed by atoms with van der Waals surface area (Å²) < 4.78 is 1.74. The van der Waals surface area contributed by atoms with Crippen molar-refractivity contribution >= 4 is 12.2 Å². The minimum absolute atomic E-state index is 0.0728. The molecule has 0 aliphatic carbocycles. The van der Waals surface area contributed by atoms with E-state index >= 15 is 0 Å². The minimum atomic E-state index is 0.0728. The van der Waals surface area contributed by atoms with Gasteiger partial charge in [-0.3, -0.25) is 4.99 Å². The molecule has 1 aliphatic heterocycles. The Morgan fingerprint density at radius 2 is 2.14 bits per heavy atom. The summed E-state index contributed by atoms with van der Waals surface area (Å²) >= 11 is 0. The molecule has 0 saturated heterocycles. The standard InChI is InChI=1S/C9H15N5/c1-9(2,3)7-6-8(11-5-10-7)14(4)13-12-6/h5,7H,1-4H3,(H,10,11). The third-order valence-electron chi connectivity index (χ3n) is 2.36. The third-order valence-corrected chi connectivity index (χ3v) is 2.36. The molecular weight excluding hydrogens is 178 g/mol. The molecule has 0 amide bonds. The van der Waals surface area contributed by atoms with E-state index in [2.05, 4.69) is 41.4 Å². The number of aliphatic imine (C=N–C) groups is 1. The Hall–Kier alpha value is -1.39. The van der Waals surface area contributed by atoms with Crippen LogP contribution in [0.5, 0.6) is 0 Å². The Morgan fingerprint density at radius 1 is 1.43 bits per heavy atom. The maximum Gasteiger partial charge on any atom is 0.155 e. The molecule has 0 spiro atoms. The average molecular weight is 193 g/mol. The summed E-state index contributed by atoms with van der Waals surface area (Å²) in [4.78, 5) is 4.40. The first-order valence-corrected chi connectivity index (χ1v) is 4.68. The Balaban J connectivity index is 2.46. The zero-order valence-electron chi connectivity index (χ0n) is 8.94. The first kappa shape index (κ1) is 9.18. The summed E-state index contributed by atoms with van der Waals surface area (Å²) in [6.45, 7) is 6.45. The quantitative estimate of drug-likeness (QED) is 0.676. The predicted molar refractivity (Wildman–Crippen MR) is 55.3 cm³/mol. The number of hydrogen-bond donors (Lipinski definition) is 1. The Morgan fingerprint density at radius 3 is 2.79 bits per heavy atom. The number of fused-ring (bicyclic) bond motifs is 1. The minimum Gasteiger partial charge on any atom is -0.330 e. The molecule has 0 fully saturated rings. The Kier molecular flexibility index (Phi) is 1.83. The normalized spacial score (nSPS) is 20.4. The molecule has 1 aromatic heterocycles. The van der Waals surface area contributed by atoms with Crippen LogP contribution in [-0.2, 0) is 7.05 Å². The highest BCUT2D eigenvalue weighted by atomic mass is 15.5. The lowest BCUT2D eigenvalue weighted by Crippen LogP contribution is -2.22. The van der Waals surface area contributed by atoms with Crippen molar-refractivity contribution in [2.45, 2.75) is 26.8 Å². The van der Waals surface area contributed by atoms with Gasteiger partial charge in [0.15, 0.2) is 5.82 Å². The zero-order valence-corrected chi connectivity index (χ0v) is 8.94. The smallest absolute Gasteiger partial charge is 0.155 e. The molecule has 0 bridgehead atoms. The van der Waals surface area contributed by atoms with Crippen molar-refractivity contribution in [2.24, 2.45) is 17.5 Å². The lowest BCUT2D eigenvalue weighted by atomic mass is 9.85. The molecule has 0 radical (unpaired) electrons. The van der Waals surface area contributed by atoms with Gasteiger partial charge >= 0.3 is 0 Å². The first-order valence-electron chi connectivity index (χ1n) is 4.68. The van der Waals surface area contributed by atoms with E-state index in [0.717, 1.165) is 11.5 Å². The molecule has 0 saturated carbocycles. The maximum atomic E-state index is 4.40. The molecule has 1 aliphatic rings. The van der Waals surface area contributed by atoms with E-state index in [4.69, 9.17) is 0 Å². The van der Waals surface area contributed by atoms with Crippen LogP contribution in [0, 0.1) is 5.41 Å². The van der Waals surface area contributed by atoms with Crippen LogP contribution in [-0.4, -0.2) is 21.3 Å². The number of aromatic nitrogens is 3. The van der Waals surface area contributed by atoms with Gasteiger partial charge in [-0.2, -0.15) is 0 Å². The molecule has 76 valence electrons. The summed E-state index contributed by atoms with van der Waals surface area (Å²) in [5.41, 5.74) is 1.01. The maximum absolute atomic E-state index is 4.40. The summed E-state index contributed by atoms with van der Waals surface area (Å²) in [5.74, 6) is 0.944. The van der Waals surface area contributed by atoms with Crippen molar-refractivity contribution < 1.29 is 0 Å². The number of nitrogens with one attached hydrogen (secondary N) is 1. The molecule has 1 unspecified atom stereocenters. The van der Waals surface area contributed by atoms with Gasteiger partial charge in [-0.1, -0.05) is 26.0 Å². The van der Waals surface area contributed by atoms with Gasteiger partial charge in [-0.05, 0) is 5.41 Å². The van der Waals surface area contributed by atoms with Gasteiger partial charge in [-0.25, -0.2) is 4.68 Å². The summed E-state index contributed by atoms with van der Waals surface area (Å²) in [7, 11) is 1.87. The van der Waals surface area contributed by atoms with Crippen LogP contribution in [0.4, 0.5) is 5.82 Å². The highest BCUT2D eigenvalue weighted by Crippen LogP contribution is 2.39. The monoisotopic (exact) mass is 193 g/mol. The number of nitrogens with zero attached hydrogens (tertiary/aromatic N) is 4. The summed E-state index contributed by atoms with van der Waals surface area (Å²) in [5, 5.41) is 11.2. The number of hydrogen-bond acceptors (Lipinski definition) is 4. The number of anilines is 1. The van der Waals surface area contributed by atoms with Crippen LogP contribution in [0.15, 0.2) is 4.99 Å². The fourth-order valence-electron chi connectivity index (χ4n) is 1.60. The molecule has 1 aromatic rings. The number of aryl methyl sites for hydroxylation is 1. The van der Waals surface area contributed by atoms with Crippen molar-refractivity contribution in [3.05, 3.63) is 5.69 Å². The van der Waals surface area contributed by atoms with E-state index in [1.54, 1.807) is 11.0 Å². The van der Waals surface area contributed by atoms with E-state index in [1.165, 1.54) is 0 Å². The van der Waals surface area contributed by atoms with Gasteiger partial charge in [0.25, 0.3) is 0 Å². The van der Waals surface area contributed by atoms with Crippen LogP contribution in [0.3, 0.4) is 0 Å². The zero-order chi connectivity index (χ0) is 10.3. The van der Waals surface area contributed by atoms with Crippen LogP contribution in [0.1, 0.15) is 32.5 Å². The van der Waals surface area contributed by atoms with Crippen LogP contribution < -0.4 is 5.32 Å². The van der Waals surface area contributed by atoms with Crippen LogP contribution in [0.25, 0.3) is 0 Å². The van der Waals surface area contributed by atoms with Crippen molar-refractivity contribution in [3.8, 4) is 0 Å². The largest absolute Gasteiger partial charge is 0.330 e. The highest BCUT2D eigenvalue weighted by Gasteiger charge is 2.32. The van der Waals surface area contributed by atoms with Crippen molar-refractivity contribution in [3.63, 3.8) is 0 Å². The van der Waals surface area contributed by atoms with Crippen LogP contribution >= 0.6 is 0 Å². The van der Waals surface area contributed by atoms with Crippen molar-refractivity contribution in [2.75, 3.05) is 5.32 Å². The van der Waals surface area contributed by atoms with Crippen molar-refractivity contribution in [1.82, 2.24) is 15.0 Å². The lowest BCUT2D eigenvalue weighted by molar-refractivity contribution is 0.323.